The quantitative estimate of drug-likeness (QED) is 0.654. The molecule has 1 aromatic carbocycles. The number of anilines is 1. The Morgan fingerprint density at radius 2 is 1.81 bits per heavy atom. The standard InChI is InChI=1S/C10H14N2O3S/c11-7-1-3-10(4-2-7)16(14,15)12-8-5-9(13)6-8/h1-4,8-9,12-13H,5-6,11H2. The van der Waals surface area contributed by atoms with E-state index < -0.39 is 10.0 Å². The number of sulfonamides is 1. The Bertz CT molecular complexity index is 463. The summed E-state index contributed by atoms with van der Waals surface area (Å²) < 4.78 is 26.2. The van der Waals surface area contributed by atoms with E-state index in [0.717, 1.165) is 0 Å². The zero-order valence-corrected chi connectivity index (χ0v) is 9.44. The van der Waals surface area contributed by atoms with Crippen LogP contribution in [0.4, 0.5) is 5.69 Å². The molecular weight excluding hydrogens is 228 g/mol. The molecule has 4 N–H and O–H groups in total. The highest BCUT2D eigenvalue weighted by Gasteiger charge is 2.31. The molecule has 0 heterocycles. The van der Waals surface area contributed by atoms with Crippen molar-refractivity contribution < 1.29 is 13.5 Å². The van der Waals surface area contributed by atoms with Crippen LogP contribution >= 0.6 is 0 Å². The van der Waals surface area contributed by atoms with Crippen LogP contribution in [0.1, 0.15) is 12.8 Å². The lowest BCUT2D eigenvalue weighted by molar-refractivity contribution is 0.0712. The summed E-state index contributed by atoms with van der Waals surface area (Å²) in [5.74, 6) is 0. The first kappa shape index (κ1) is 11.4. The van der Waals surface area contributed by atoms with Crippen molar-refractivity contribution in [2.45, 2.75) is 29.9 Å². The summed E-state index contributed by atoms with van der Waals surface area (Å²) in [5.41, 5.74) is 6.00. The van der Waals surface area contributed by atoms with Crippen LogP contribution in [0.5, 0.6) is 0 Å². The van der Waals surface area contributed by atoms with Gasteiger partial charge in [-0.1, -0.05) is 0 Å². The number of nitrogen functional groups attached to an aromatic ring is 1. The molecule has 88 valence electrons. The molecule has 0 amide bonds. The molecule has 0 radical (unpaired) electrons. The summed E-state index contributed by atoms with van der Waals surface area (Å²) >= 11 is 0. The molecule has 0 atom stereocenters. The Labute approximate surface area is 94.3 Å². The molecule has 5 nitrogen and oxygen atoms in total. The van der Waals surface area contributed by atoms with Gasteiger partial charge in [0.2, 0.25) is 10.0 Å². The molecule has 1 saturated carbocycles. The van der Waals surface area contributed by atoms with E-state index in [1.165, 1.54) is 12.1 Å². The van der Waals surface area contributed by atoms with E-state index >= 15 is 0 Å². The largest absolute Gasteiger partial charge is 0.399 e. The van der Waals surface area contributed by atoms with Crippen LogP contribution in [0.2, 0.25) is 0 Å². The maximum atomic E-state index is 11.8. The van der Waals surface area contributed by atoms with Gasteiger partial charge < -0.3 is 10.8 Å². The number of nitrogens with one attached hydrogen (secondary N) is 1. The fourth-order valence-corrected chi connectivity index (χ4v) is 2.88. The maximum absolute atomic E-state index is 11.8. The van der Waals surface area contributed by atoms with Gasteiger partial charge in [0.15, 0.2) is 0 Å². The lowest BCUT2D eigenvalue weighted by Gasteiger charge is -2.31. The van der Waals surface area contributed by atoms with Gasteiger partial charge in [-0.25, -0.2) is 13.1 Å². The predicted molar refractivity (Wildman–Crippen MR) is 60.2 cm³/mol. The van der Waals surface area contributed by atoms with Gasteiger partial charge in [-0.2, -0.15) is 0 Å². The van der Waals surface area contributed by atoms with E-state index in [2.05, 4.69) is 4.72 Å². The van der Waals surface area contributed by atoms with E-state index in [4.69, 9.17) is 10.8 Å². The first-order valence-electron chi connectivity index (χ1n) is 5.03. The average Bonchev–Trinajstić information content (AvgIpc) is 2.15. The minimum absolute atomic E-state index is 0.155. The molecule has 0 aromatic heterocycles. The van der Waals surface area contributed by atoms with Gasteiger partial charge in [0, 0.05) is 11.7 Å². The molecule has 0 spiro atoms. The molecular formula is C10H14N2O3S. The zero-order chi connectivity index (χ0) is 11.8. The lowest BCUT2D eigenvalue weighted by atomic mass is 9.91. The molecule has 1 fully saturated rings. The Kier molecular flexibility index (Phi) is 2.88. The van der Waals surface area contributed by atoms with Crippen molar-refractivity contribution in [3.63, 3.8) is 0 Å². The predicted octanol–water partition coefficient (Wildman–Crippen LogP) is 0.0704. The van der Waals surface area contributed by atoms with Crippen molar-refractivity contribution >= 4 is 15.7 Å². The van der Waals surface area contributed by atoms with E-state index in [0.29, 0.717) is 18.5 Å². The van der Waals surface area contributed by atoms with Crippen LogP contribution < -0.4 is 10.5 Å². The van der Waals surface area contributed by atoms with Gasteiger partial charge in [0.1, 0.15) is 0 Å². The van der Waals surface area contributed by atoms with Crippen LogP contribution in [0.3, 0.4) is 0 Å². The fraction of sp³-hybridized carbons (Fsp3) is 0.400. The van der Waals surface area contributed by atoms with Gasteiger partial charge >= 0.3 is 0 Å². The molecule has 0 unspecified atom stereocenters. The third-order valence-electron chi connectivity index (χ3n) is 2.63. The highest BCUT2D eigenvalue weighted by molar-refractivity contribution is 7.89. The van der Waals surface area contributed by atoms with Gasteiger partial charge in [-0.15, -0.1) is 0 Å². The highest BCUT2D eigenvalue weighted by Crippen LogP contribution is 2.22. The number of nitrogens with two attached hydrogens (primary N) is 1. The first-order chi connectivity index (χ1) is 7.47. The summed E-state index contributed by atoms with van der Waals surface area (Å²) in [5, 5.41) is 9.07. The number of benzene rings is 1. The Hall–Kier alpha value is -1.11. The maximum Gasteiger partial charge on any atom is 0.240 e. The number of rotatable bonds is 3. The van der Waals surface area contributed by atoms with Crippen molar-refractivity contribution in [1.82, 2.24) is 4.72 Å². The van der Waals surface area contributed by atoms with Crippen LogP contribution in [0.25, 0.3) is 0 Å². The van der Waals surface area contributed by atoms with Crippen molar-refractivity contribution in [2.75, 3.05) is 5.73 Å². The molecule has 16 heavy (non-hydrogen) atoms. The average molecular weight is 242 g/mol. The minimum Gasteiger partial charge on any atom is -0.399 e. The van der Waals surface area contributed by atoms with Crippen molar-refractivity contribution in [2.24, 2.45) is 0 Å². The van der Waals surface area contributed by atoms with Crippen molar-refractivity contribution in [1.29, 1.82) is 0 Å². The monoisotopic (exact) mass is 242 g/mol. The highest BCUT2D eigenvalue weighted by atomic mass is 32.2. The normalized spacial score (nSPS) is 25.1. The van der Waals surface area contributed by atoms with Crippen molar-refractivity contribution in [3.8, 4) is 0 Å². The van der Waals surface area contributed by atoms with E-state index in [9.17, 15) is 8.42 Å². The molecule has 0 bridgehead atoms. The molecule has 0 aliphatic heterocycles. The molecule has 0 saturated heterocycles. The number of aliphatic hydroxyl groups excluding tert-OH is 1. The number of aliphatic hydroxyl groups is 1. The third kappa shape index (κ3) is 2.34. The lowest BCUT2D eigenvalue weighted by Crippen LogP contribution is -2.46. The van der Waals surface area contributed by atoms with Gasteiger partial charge in [-0.3, -0.25) is 0 Å². The van der Waals surface area contributed by atoms with Crippen LogP contribution in [-0.4, -0.2) is 25.7 Å². The summed E-state index contributed by atoms with van der Waals surface area (Å²) in [4.78, 5) is 0.197. The number of hydrogen-bond donors (Lipinski definition) is 3. The smallest absolute Gasteiger partial charge is 0.240 e. The summed E-state index contributed by atoms with van der Waals surface area (Å²) in [6.45, 7) is 0. The van der Waals surface area contributed by atoms with E-state index in [-0.39, 0.29) is 17.0 Å². The Morgan fingerprint density at radius 3 is 2.31 bits per heavy atom. The minimum atomic E-state index is -3.48. The second-order valence-electron chi connectivity index (χ2n) is 4.01. The second kappa shape index (κ2) is 4.04. The molecule has 1 aliphatic carbocycles. The summed E-state index contributed by atoms with van der Waals surface area (Å²) in [6.07, 6.45) is 0.585. The van der Waals surface area contributed by atoms with Gasteiger partial charge in [0.05, 0.1) is 11.0 Å². The van der Waals surface area contributed by atoms with Gasteiger partial charge in [-0.05, 0) is 37.1 Å². The summed E-state index contributed by atoms with van der Waals surface area (Å²) in [6, 6.07) is 5.87. The third-order valence-corrected chi connectivity index (χ3v) is 4.16. The summed E-state index contributed by atoms with van der Waals surface area (Å²) in [7, 11) is -3.48. The zero-order valence-electron chi connectivity index (χ0n) is 8.63. The molecule has 1 aromatic rings. The van der Waals surface area contributed by atoms with E-state index in [1.807, 2.05) is 0 Å². The second-order valence-corrected chi connectivity index (χ2v) is 5.73. The first-order valence-corrected chi connectivity index (χ1v) is 6.51. The fourth-order valence-electron chi connectivity index (χ4n) is 1.62. The molecule has 1 aliphatic rings. The van der Waals surface area contributed by atoms with Crippen LogP contribution in [-0.2, 0) is 10.0 Å². The van der Waals surface area contributed by atoms with Crippen LogP contribution in [0, 0.1) is 0 Å². The Morgan fingerprint density at radius 1 is 1.25 bits per heavy atom. The molecule has 2 rings (SSSR count). The SMILES string of the molecule is Nc1ccc(S(=O)(=O)NC2CC(O)C2)cc1. The number of hydrogen-bond acceptors (Lipinski definition) is 4. The van der Waals surface area contributed by atoms with Crippen LogP contribution in [0.15, 0.2) is 29.2 Å². The Balaban J connectivity index is 2.10. The topological polar surface area (TPSA) is 92.4 Å². The molecule has 6 heteroatoms. The van der Waals surface area contributed by atoms with Gasteiger partial charge in [0.25, 0.3) is 0 Å². The van der Waals surface area contributed by atoms with Crippen molar-refractivity contribution in [3.05, 3.63) is 24.3 Å². The van der Waals surface area contributed by atoms with E-state index in [1.54, 1.807) is 12.1 Å².